The number of nitrogen functional groups attached to an aromatic ring is 1. The molecule has 0 radical (unpaired) electrons. The quantitative estimate of drug-likeness (QED) is 0.855. The number of anilines is 1. The van der Waals surface area contributed by atoms with Gasteiger partial charge in [-0.3, -0.25) is 0 Å². The summed E-state index contributed by atoms with van der Waals surface area (Å²) < 4.78 is 19.0. The average molecular weight is 322 g/mol. The van der Waals surface area contributed by atoms with Crippen LogP contribution >= 0.6 is 11.3 Å². The molecule has 2 fully saturated rings. The fraction of sp³-hybridized carbons (Fsp3) is 0.571. The molecule has 2 aromatic heterocycles. The minimum absolute atomic E-state index is 0.167. The normalized spacial score (nSPS) is 33.4. The topological polar surface area (TPSA) is 106 Å². The summed E-state index contributed by atoms with van der Waals surface area (Å²) in [7, 11) is 0. The molecule has 0 saturated carbocycles. The van der Waals surface area contributed by atoms with Crippen molar-refractivity contribution in [3.8, 4) is 0 Å². The Hall–Kier alpha value is -1.32. The number of fused-ring (bicyclic) bond motifs is 2. The Balaban J connectivity index is 1.77. The molecule has 0 bridgehead atoms. The van der Waals surface area contributed by atoms with Crippen LogP contribution < -0.4 is 11.5 Å². The van der Waals surface area contributed by atoms with E-state index in [0.29, 0.717) is 12.4 Å². The number of thiophene rings is 1. The fourth-order valence-electron chi connectivity index (χ4n) is 3.21. The van der Waals surface area contributed by atoms with Crippen molar-refractivity contribution in [1.82, 2.24) is 9.97 Å². The summed E-state index contributed by atoms with van der Waals surface area (Å²) in [4.78, 5) is 8.39. The Bertz CT molecular complexity index is 719. The van der Waals surface area contributed by atoms with Crippen LogP contribution in [0.3, 0.4) is 0 Å². The van der Waals surface area contributed by atoms with Crippen LogP contribution in [0.25, 0.3) is 10.2 Å². The molecule has 0 spiro atoms. The van der Waals surface area contributed by atoms with Gasteiger partial charge in [0.1, 0.15) is 30.5 Å². The molecule has 4 N–H and O–H groups in total. The van der Waals surface area contributed by atoms with Crippen molar-refractivity contribution in [2.45, 2.75) is 44.1 Å². The number of hydrogen-bond donors (Lipinski definition) is 2. The zero-order chi connectivity index (χ0) is 15.5. The van der Waals surface area contributed by atoms with E-state index in [9.17, 15) is 0 Å². The second kappa shape index (κ2) is 4.84. The third-order valence-corrected chi connectivity index (χ3v) is 5.11. The molecule has 2 saturated heterocycles. The van der Waals surface area contributed by atoms with Crippen molar-refractivity contribution in [2.75, 3.05) is 12.3 Å². The van der Waals surface area contributed by atoms with Crippen LogP contribution in [0.1, 0.15) is 25.5 Å². The molecule has 118 valence electrons. The van der Waals surface area contributed by atoms with Gasteiger partial charge in [0.2, 0.25) is 0 Å². The van der Waals surface area contributed by atoms with Crippen LogP contribution in [0.15, 0.2) is 11.7 Å². The maximum Gasteiger partial charge on any atom is 0.164 e. The first-order valence-corrected chi connectivity index (χ1v) is 8.07. The minimum atomic E-state index is -0.634. The molecule has 0 amide bonds. The van der Waals surface area contributed by atoms with Crippen LogP contribution in [0.4, 0.5) is 5.82 Å². The third-order valence-electron chi connectivity index (χ3n) is 4.10. The summed E-state index contributed by atoms with van der Waals surface area (Å²) in [5.74, 6) is -0.153. The van der Waals surface area contributed by atoms with Crippen LogP contribution in [0, 0.1) is 0 Å². The van der Waals surface area contributed by atoms with Gasteiger partial charge in [0.25, 0.3) is 0 Å². The number of ether oxygens (including phenoxy) is 3. The lowest BCUT2D eigenvalue weighted by Gasteiger charge is -2.23. The van der Waals surface area contributed by atoms with Gasteiger partial charge < -0.3 is 25.7 Å². The molecule has 4 heterocycles. The van der Waals surface area contributed by atoms with E-state index >= 15 is 0 Å². The minimum Gasteiger partial charge on any atom is -0.382 e. The second-order valence-corrected chi connectivity index (χ2v) is 6.90. The number of hydrogen-bond acceptors (Lipinski definition) is 8. The van der Waals surface area contributed by atoms with Crippen molar-refractivity contribution in [1.29, 1.82) is 0 Å². The summed E-state index contributed by atoms with van der Waals surface area (Å²) in [5, 5.41) is 2.00. The Morgan fingerprint density at radius 3 is 2.82 bits per heavy atom. The zero-order valence-corrected chi connectivity index (χ0v) is 13.2. The van der Waals surface area contributed by atoms with Crippen LogP contribution in [0.2, 0.25) is 0 Å². The highest BCUT2D eigenvalue weighted by molar-refractivity contribution is 7.17. The van der Waals surface area contributed by atoms with E-state index in [1.54, 1.807) is 0 Å². The SMILES string of the molecule is CC1(C)O[C@@H]2[C@H](O1)[C@@H](CN)O[C@H]2c1csc2c(N)ncnc12. The average Bonchev–Trinajstić information content (AvgIpc) is 3.10. The molecular formula is C14H18N4O3S. The number of rotatable bonds is 2. The lowest BCUT2D eigenvalue weighted by atomic mass is 10.0. The molecule has 4 rings (SSSR count). The summed E-state index contributed by atoms with van der Waals surface area (Å²) in [6.07, 6.45) is 0.655. The van der Waals surface area contributed by atoms with Gasteiger partial charge in [-0.25, -0.2) is 9.97 Å². The van der Waals surface area contributed by atoms with E-state index in [2.05, 4.69) is 9.97 Å². The Morgan fingerprint density at radius 2 is 2.05 bits per heavy atom. The summed E-state index contributed by atoms with van der Waals surface area (Å²) in [6, 6.07) is 0. The number of nitrogens with two attached hydrogens (primary N) is 2. The van der Waals surface area contributed by atoms with Crippen LogP contribution in [-0.2, 0) is 14.2 Å². The lowest BCUT2D eigenvalue weighted by molar-refractivity contribution is -0.186. The summed E-state index contributed by atoms with van der Waals surface area (Å²) in [6.45, 7) is 4.19. The largest absolute Gasteiger partial charge is 0.382 e. The Kier molecular flexibility index (Phi) is 3.14. The molecule has 7 nitrogen and oxygen atoms in total. The van der Waals surface area contributed by atoms with E-state index in [1.165, 1.54) is 17.7 Å². The van der Waals surface area contributed by atoms with Gasteiger partial charge in [0, 0.05) is 12.1 Å². The first kappa shape index (κ1) is 14.3. The van der Waals surface area contributed by atoms with E-state index < -0.39 is 5.79 Å². The first-order chi connectivity index (χ1) is 10.5. The van der Waals surface area contributed by atoms with Gasteiger partial charge in [0.15, 0.2) is 5.79 Å². The van der Waals surface area contributed by atoms with Gasteiger partial charge in [-0.1, -0.05) is 0 Å². The summed E-state index contributed by atoms with van der Waals surface area (Å²) in [5.41, 5.74) is 13.5. The number of aromatic nitrogens is 2. The van der Waals surface area contributed by atoms with E-state index in [4.69, 9.17) is 25.7 Å². The molecule has 22 heavy (non-hydrogen) atoms. The predicted octanol–water partition coefficient (Wildman–Crippen LogP) is 1.19. The first-order valence-electron chi connectivity index (χ1n) is 7.19. The maximum absolute atomic E-state index is 6.09. The maximum atomic E-state index is 6.09. The lowest BCUT2D eigenvalue weighted by Crippen LogP contribution is -2.34. The number of nitrogens with zero attached hydrogens (tertiary/aromatic N) is 2. The van der Waals surface area contributed by atoms with Crippen molar-refractivity contribution >= 4 is 27.4 Å². The van der Waals surface area contributed by atoms with Crippen LogP contribution in [-0.4, -0.2) is 40.6 Å². The zero-order valence-electron chi connectivity index (χ0n) is 12.4. The van der Waals surface area contributed by atoms with Crippen LogP contribution in [0.5, 0.6) is 0 Å². The fourth-order valence-corrected chi connectivity index (χ4v) is 4.16. The summed E-state index contributed by atoms with van der Waals surface area (Å²) >= 11 is 1.51. The molecule has 0 aromatic carbocycles. The highest BCUT2D eigenvalue weighted by atomic mass is 32.1. The van der Waals surface area contributed by atoms with Gasteiger partial charge >= 0.3 is 0 Å². The van der Waals surface area contributed by atoms with E-state index in [1.807, 2.05) is 19.2 Å². The predicted molar refractivity (Wildman–Crippen MR) is 82.3 cm³/mol. The molecule has 0 unspecified atom stereocenters. The monoisotopic (exact) mass is 322 g/mol. The molecule has 2 aromatic rings. The Morgan fingerprint density at radius 1 is 1.27 bits per heavy atom. The molecule has 0 aliphatic carbocycles. The van der Waals surface area contributed by atoms with E-state index in [0.717, 1.165) is 15.8 Å². The molecular weight excluding hydrogens is 304 g/mol. The second-order valence-electron chi connectivity index (χ2n) is 6.02. The van der Waals surface area contributed by atoms with E-state index in [-0.39, 0.29) is 24.4 Å². The van der Waals surface area contributed by atoms with Crippen molar-refractivity contribution in [2.24, 2.45) is 5.73 Å². The van der Waals surface area contributed by atoms with Crippen molar-refractivity contribution < 1.29 is 14.2 Å². The van der Waals surface area contributed by atoms with Crippen molar-refractivity contribution in [3.05, 3.63) is 17.3 Å². The third kappa shape index (κ3) is 2.03. The highest BCUT2D eigenvalue weighted by Gasteiger charge is 2.55. The molecule has 2 aliphatic rings. The molecule has 2 aliphatic heterocycles. The smallest absolute Gasteiger partial charge is 0.164 e. The Labute approximate surface area is 131 Å². The van der Waals surface area contributed by atoms with Gasteiger partial charge in [0.05, 0.1) is 16.3 Å². The molecule has 8 heteroatoms. The van der Waals surface area contributed by atoms with Crippen molar-refractivity contribution in [3.63, 3.8) is 0 Å². The molecule has 4 atom stereocenters. The standard InChI is InChI=1S/C14H18N4O3S/c1-14(2)20-10-7(3-15)19-9(11(10)21-14)6-4-22-12-8(6)17-5-18-13(12)16/h4-5,7,9-11H,3,15H2,1-2H3,(H2,16,17,18)/t7-,9+,10-,11+/m1/s1. The highest BCUT2D eigenvalue weighted by Crippen LogP contribution is 2.47. The van der Waals surface area contributed by atoms with Gasteiger partial charge in [-0.2, -0.15) is 0 Å². The van der Waals surface area contributed by atoms with Gasteiger partial charge in [-0.15, -0.1) is 11.3 Å². The van der Waals surface area contributed by atoms with Gasteiger partial charge in [-0.05, 0) is 19.2 Å².